The van der Waals surface area contributed by atoms with Crippen LogP contribution in [0, 0.1) is 10.1 Å². The van der Waals surface area contributed by atoms with Crippen molar-refractivity contribution in [1.29, 1.82) is 0 Å². The highest BCUT2D eigenvalue weighted by atomic mass is 35.5. The van der Waals surface area contributed by atoms with Gasteiger partial charge in [0.25, 0.3) is 5.69 Å². The Hall–Kier alpha value is -2.67. The second-order valence-corrected chi connectivity index (χ2v) is 6.86. The van der Waals surface area contributed by atoms with Crippen molar-refractivity contribution in [2.75, 3.05) is 6.61 Å². The van der Waals surface area contributed by atoms with E-state index in [4.69, 9.17) is 16.3 Å². The van der Waals surface area contributed by atoms with Crippen LogP contribution in [-0.2, 0) is 14.3 Å². The molecule has 0 unspecified atom stereocenters. The standard InChI is InChI=1S/C19H19ClN2O5/c1-3-27-19(24)16-10(2)21-13-5-4-6-15(23)18(13)17(16)11-7-8-12(20)14(9-11)22(25)26/h7-9,17,21H,3-6H2,1-2H3/t17-/m0/s1. The van der Waals surface area contributed by atoms with Crippen molar-refractivity contribution in [2.45, 2.75) is 39.0 Å². The largest absolute Gasteiger partial charge is 0.463 e. The number of benzene rings is 1. The molecule has 0 bridgehead atoms. The monoisotopic (exact) mass is 390 g/mol. The Labute approximate surface area is 161 Å². The summed E-state index contributed by atoms with van der Waals surface area (Å²) >= 11 is 5.94. The van der Waals surface area contributed by atoms with E-state index in [0.717, 1.165) is 12.1 Å². The third-order valence-corrected chi connectivity index (χ3v) is 5.09. The molecule has 1 aliphatic carbocycles. The minimum absolute atomic E-state index is 0.000226. The summed E-state index contributed by atoms with van der Waals surface area (Å²) in [5, 5.41) is 14.5. The maximum atomic E-state index is 12.7. The van der Waals surface area contributed by atoms with Gasteiger partial charge in [-0.2, -0.15) is 0 Å². The molecule has 7 nitrogen and oxygen atoms in total. The van der Waals surface area contributed by atoms with Crippen molar-refractivity contribution in [2.24, 2.45) is 0 Å². The van der Waals surface area contributed by atoms with Gasteiger partial charge in [0.15, 0.2) is 5.78 Å². The highest BCUT2D eigenvalue weighted by Gasteiger charge is 2.39. The Morgan fingerprint density at radius 1 is 1.41 bits per heavy atom. The first-order valence-electron chi connectivity index (χ1n) is 8.70. The van der Waals surface area contributed by atoms with Gasteiger partial charge in [0.1, 0.15) is 5.02 Å². The summed E-state index contributed by atoms with van der Waals surface area (Å²) in [6, 6.07) is 4.37. The van der Waals surface area contributed by atoms with Crippen LogP contribution in [0.3, 0.4) is 0 Å². The Kier molecular flexibility index (Phi) is 5.32. The first kappa shape index (κ1) is 19.1. The first-order chi connectivity index (χ1) is 12.8. The minimum Gasteiger partial charge on any atom is -0.463 e. The number of allylic oxidation sites excluding steroid dienone is 3. The number of hydrogen-bond donors (Lipinski definition) is 1. The molecule has 27 heavy (non-hydrogen) atoms. The topological polar surface area (TPSA) is 98.5 Å². The average molecular weight is 391 g/mol. The number of ether oxygens (including phenoxy) is 1. The van der Waals surface area contributed by atoms with Crippen molar-refractivity contribution >= 4 is 29.0 Å². The summed E-state index contributed by atoms with van der Waals surface area (Å²) in [6.45, 7) is 3.62. The number of nitrogens with zero attached hydrogens (tertiary/aromatic N) is 1. The lowest BCUT2D eigenvalue weighted by atomic mass is 9.75. The molecule has 0 saturated carbocycles. The van der Waals surface area contributed by atoms with Gasteiger partial charge in [-0.3, -0.25) is 14.9 Å². The molecular weight excluding hydrogens is 372 g/mol. The molecule has 8 heteroatoms. The maximum Gasteiger partial charge on any atom is 0.336 e. The van der Waals surface area contributed by atoms with E-state index < -0.39 is 16.8 Å². The van der Waals surface area contributed by atoms with Crippen LogP contribution in [-0.4, -0.2) is 23.3 Å². The number of nitrogens with one attached hydrogen (secondary N) is 1. The highest BCUT2D eigenvalue weighted by molar-refractivity contribution is 6.32. The van der Waals surface area contributed by atoms with E-state index in [1.807, 2.05) is 0 Å². The fourth-order valence-electron chi connectivity index (χ4n) is 3.65. The molecule has 0 radical (unpaired) electrons. The zero-order chi connectivity index (χ0) is 19.7. The van der Waals surface area contributed by atoms with Crippen molar-refractivity contribution < 1.29 is 19.2 Å². The van der Waals surface area contributed by atoms with Gasteiger partial charge in [-0.25, -0.2) is 4.79 Å². The van der Waals surface area contributed by atoms with E-state index in [2.05, 4.69) is 5.32 Å². The van der Waals surface area contributed by atoms with Crippen LogP contribution in [0.25, 0.3) is 0 Å². The molecule has 1 aromatic rings. The number of carbonyl (C=O) groups excluding carboxylic acids is 2. The molecule has 0 fully saturated rings. The van der Waals surface area contributed by atoms with Crippen LogP contribution in [0.1, 0.15) is 44.6 Å². The van der Waals surface area contributed by atoms with E-state index in [-0.39, 0.29) is 23.1 Å². The second-order valence-electron chi connectivity index (χ2n) is 6.45. The van der Waals surface area contributed by atoms with Gasteiger partial charge in [-0.1, -0.05) is 17.7 Å². The SMILES string of the molecule is CCOC(=O)C1=C(C)NC2=C(C(=O)CCC2)[C@H]1c1ccc(Cl)c([N+](=O)[O-])c1. The van der Waals surface area contributed by atoms with E-state index in [1.165, 1.54) is 12.1 Å². The molecule has 1 aromatic carbocycles. The van der Waals surface area contributed by atoms with Crippen LogP contribution in [0.15, 0.2) is 40.7 Å². The zero-order valence-corrected chi connectivity index (χ0v) is 15.8. The van der Waals surface area contributed by atoms with Crippen molar-refractivity contribution in [1.82, 2.24) is 5.32 Å². The Morgan fingerprint density at radius 2 is 2.15 bits per heavy atom. The lowest BCUT2D eigenvalue weighted by molar-refractivity contribution is -0.384. The molecule has 0 aromatic heterocycles. The summed E-state index contributed by atoms with van der Waals surface area (Å²) < 4.78 is 5.19. The number of esters is 1. The van der Waals surface area contributed by atoms with Crippen molar-refractivity contribution in [3.8, 4) is 0 Å². The summed E-state index contributed by atoms with van der Waals surface area (Å²) in [4.78, 5) is 36.1. The number of halogens is 1. The van der Waals surface area contributed by atoms with Gasteiger partial charge in [-0.05, 0) is 38.3 Å². The number of carbonyl (C=O) groups is 2. The smallest absolute Gasteiger partial charge is 0.336 e. The lowest BCUT2D eigenvalue weighted by Gasteiger charge is -2.34. The number of nitro benzene ring substituents is 1. The summed E-state index contributed by atoms with van der Waals surface area (Å²) in [7, 11) is 0. The van der Waals surface area contributed by atoms with Crippen LogP contribution >= 0.6 is 11.6 Å². The highest BCUT2D eigenvalue weighted by Crippen LogP contribution is 2.43. The fourth-order valence-corrected chi connectivity index (χ4v) is 3.83. The minimum atomic E-state index is -0.718. The third kappa shape index (κ3) is 3.47. The van der Waals surface area contributed by atoms with Gasteiger partial charge in [0.05, 0.1) is 17.1 Å². The normalized spacial score (nSPS) is 19.5. The summed E-state index contributed by atoms with van der Waals surface area (Å²) in [5.41, 5.74) is 2.33. The summed E-state index contributed by atoms with van der Waals surface area (Å²) in [5.74, 6) is -1.33. The van der Waals surface area contributed by atoms with E-state index in [1.54, 1.807) is 19.9 Å². The molecule has 1 atom stereocenters. The van der Waals surface area contributed by atoms with Gasteiger partial charge >= 0.3 is 5.97 Å². The van der Waals surface area contributed by atoms with Crippen molar-refractivity contribution in [3.63, 3.8) is 0 Å². The predicted molar refractivity (Wildman–Crippen MR) is 99.2 cm³/mol. The summed E-state index contributed by atoms with van der Waals surface area (Å²) in [6.07, 6.45) is 1.78. The number of rotatable bonds is 4. The lowest BCUT2D eigenvalue weighted by Crippen LogP contribution is -2.34. The van der Waals surface area contributed by atoms with Crippen LogP contribution in [0.5, 0.6) is 0 Å². The van der Waals surface area contributed by atoms with Crippen LogP contribution in [0.4, 0.5) is 5.69 Å². The number of nitro groups is 1. The molecule has 1 N–H and O–H groups in total. The molecule has 0 spiro atoms. The average Bonchev–Trinajstić information content (AvgIpc) is 2.61. The Balaban J connectivity index is 2.21. The zero-order valence-electron chi connectivity index (χ0n) is 15.0. The number of Topliss-reactive ketones (excluding diaryl/α,β-unsaturated/α-hetero) is 1. The predicted octanol–water partition coefficient (Wildman–Crippen LogP) is 3.78. The quantitative estimate of drug-likeness (QED) is 0.477. The maximum absolute atomic E-state index is 12.7. The number of ketones is 1. The van der Waals surface area contributed by atoms with Gasteiger partial charge in [0.2, 0.25) is 0 Å². The van der Waals surface area contributed by atoms with Gasteiger partial charge in [-0.15, -0.1) is 0 Å². The molecule has 3 rings (SSSR count). The number of hydrogen-bond acceptors (Lipinski definition) is 6. The Morgan fingerprint density at radius 3 is 2.81 bits per heavy atom. The fraction of sp³-hybridized carbons (Fsp3) is 0.368. The van der Waals surface area contributed by atoms with E-state index in [9.17, 15) is 19.7 Å². The molecule has 142 valence electrons. The van der Waals surface area contributed by atoms with Gasteiger partial charge in [0, 0.05) is 35.4 Å². The number of dihydropyridines is 1. The second kappa shape index (κ2) is 7.52. The molecule has 2 aliphatic rings. The van der Waals surface area contributed by atoms with Crippen LogP contribution < -0.4 is 5.32 Å². The van der Waals surface area contributed by atoms with E-state index >= 15 is 0 Å². The molecule has 1 heterocycles. The van der Waals surface area contributed by atoms with Crippen molar-refractivity contribution in [3.05, 3.63) is 61.4 Å². The van der Waals surface area contributed by atoms with E-state index in [0.29, 0.717) is 35.2 Å². The first-order valence-corrected chi connectivity index (χ1v) is 9.08. The molecule has 1 aliphatic heterocycles. The Bertz CT molecular complexity index is 903. The van der Waals surface area contributed by atoms with Gasteiger partial charge < -0.3 is 10.1 Å². The molecule has 0 amide bonds. The molecular formula is C19H19ClN2O5. The van der Waals surface area contributed by atoms with Crippen LogP contribution in [0.2, 0.25) is 5.02 Å². The third-order valence-electron chi connectivity index (χ3n) is 4.77. The molecule has 0 saturated heterocycles.